The summed E-state index contributed by atoms with van der Waals surface area (Å²) in [4.78, 5) is 0. The highest BCUT2D eigenvalue weighted by Gasteiger charge is 2.04. The summed E-state index contributed by atoms with van der Waals surface area (Å²) in [5.41, 5.74) is 14.5. The summed E-state index contributed by atoms with van der Waals surface area (Å²) in [6.45, 7) is 0.680. The van der Waals surface area contributed by atoms with Crippen molar-refractivity contribution >= 4 is 16.6 Å². The molecule has 74 valence electrons. The minimum Gasteiger partial charge on any atom is -0.399 e. The summed E-state index contributed by atoms with van der Waals surface area (Å²) >= 11 is 0. The Bertz CT molecular complexity index is 457. The molecule has 4 N–H and O–H groups in total. The molecule has 0 radical (unpaired) electrons. The smallest absolute Gasteiger partial charge is 0.0481 e. The van der Waals surface area contributed by atoms with E-state index in [4.69, 9.17) is 11.5 Å². The van der Waals surface area contributed by atoms with E-state index in [1.807, 2.05) is 18.2 Å². The standard InChI is InChI=1S/C11H15N3/c1-14-10(4-5-12)7-8-6-9(13)2-3-11(8)14/h2-3,6-7H,4-5,12-13H2,1H3. The molecular weight excluding hydrogens is 174 g/mol. The summed E-state index contributed by atoms with van der Waals surface area (Å²) in [5.74, 6) is 0. The van der Waals surface area contributed by atoms with Crippen LogP contribution in [0, 0.1) is 0 Å². The number of anilines is 1. The van der Waals surface area contributed by atoms with Crippen LogP contribution >= 0.6 is 0 Å². The lowest BCUT2D eigenvalue weighted by molar-refractivity contribution is 0.827. The lowest BCUT2D eigenvalue weighted by Crippen LogP contribution is -2.06. The van der Waals surface area contributed by atoms with Gasteiger partial charge in [0.25, 0.3) is 0 Å². The predicted molar refractivity (Wildman–Crippen MR) is 60.1 cm³/mol. The molecule has 0 aliphatic rings. The summed E-state index contributed by atoms with van der Waals surface area (Å²) < 4.78 is 2.17. The minimum atomic E-state index is 0.680. The van der Waals surface area contributed by atoms with Crippen LogP contribution in [0.1, 0.15) is 5.69 Å². The Kier molecular flexibility index (Phi) is 2.17. The first-order valence-electron chi connectivity index (χ1n) is 4.76. The molecule has 0 saturated heterocycles. The Balaban J connectivity index is 2.61. The molecule has 0 aliphatic heterocycles. The monoisotopic (exact) mass is 189 g/mol. The highest BCUT2D eigenvalue weighted by Crippen LogP contribution is 2.21. The van der Waals surface area contributed by atoms with E-state index in [2.05, 4.69) is 17.7 Å². The molecule has 0 saturated carbocycles. The minimum absolute atomic E-state index is 0.680. The van der Waals surface area contributed by atoms with Gasteiger partial charge in [-0.1, -0.05) is 0 Å². The molecule has 1 heterocycles. The first-order valence-corrected chi connectivity index (χ1v) is 4.76. The molecule has 14 heavy (non-hydrogen) atoms. The summed E-state index contributed by atoms with van der Waals surface area (Å²) in [6, 6.07) is 8.12. The third-order valence-corrected chi connectivity index (χ3v) is 2.57. The molecule has 3 heteroatoms. The van der Waals surface area contributed by atoms with Crippen LogP contribution in [0.25, 0.3) is 10.9 Å². The van der Waals surface area contributed by atoms with Gasteiger partial charge in [0, 0.05) is 29.3 Å². The Hall–Kier alpha value is -1.48. The maximum Gasteiger partial charge on any atom is 0.0481 e. The van der Waals surface area contributed by atoms with Gasteiger partial charge in [0.1, 0.15) is 0 Å². The fourth-order valence-electron chi connectivity index (χ4n) is 1.81. The molecule has 0 atom stereocenters. The zero-order valence-corrected chi connectivity index (χ0v) is 8.33. The summed E-state index contributed by atoms with van der Waals surface area (Å²) in [7, 11) is 2.06. The van der Waals surface area contributed by atoms with Crippen molar-refractivity contribution in [2.45, 2.75) is 6.42 Å². The number of hydrogen-bond acceptors (Lipinski definition) is 2. The number of benzene rings is 1. The van der Waals surface area contributed by atoms with Crippen LogP contribution in [0.2, 0.25) is 0 Å². The van der Waals surface area contributed by atoms with Gasteiger partial charge in [-0.2, -0.15) is 0 Å². The molecule has 0 amide bonds. The number of aryl methyl sites for hydroxylation is 1. The van der Waals surface area contributed by atoms with Crippen molar-refractivity contribution in [2.75, 3.05) is 12.3 Å². The van der Waals surface area contributed by atoms with Crippen molar-refractivity contribution in [3.8, 4) is 0 Å². The van der Waals surface area contributed by atoms with Gasteiger partial charge < -0.3 is 16.0 Å². The molecule has 2 rings (SSSR count). The average Bonchev–Trinajstić information content (AvgIpc) is 2.44. The van der Waals surface area contributed by atoms with Crippen LogP contribution < -0.4 is 11.5 Å². The van der Waals surface area contributed by atoms with Crippen LogP contribution in [0.3, 0.4) is 0 Å². The van der Waals surface area contributed by atoms with Gasteiger partial charge in [0.05, 0.1) is 0 Å². The number of hydrogen-bond donors (Lipinski definition) is 2. The molecule has 3 nitrogen and oxygen atoms in total. The number of nitrogens with zero attached hydrogens (tertiary/aromatic N) is 1. The van der Waals surface area contributed by atoms with Gasteiger partial charge >= 0.3 is 0 Å². The second-order valence-corrected chi connectivity index (χ2v) is 3.55. The molecule has 0 aliphatic carbocycles. The summed E-state index contributed by atoms with van der Waals surface area (Å²) in [5, 5.41) is 1.19. The quantitative estimate of drug-likeness (QED) is 0.699. The van der Waals surface area contributed by atoms with E-state index in [9.17, 15) is 0 Å². The van der Waals surface area contributed by atoms with Crippen molar-refractivity contribution in [1.29, 1.82) is 0 Å². The van der Waals surface area contributed by atoms with Gasteiger partial charge in [0.15, 0.2) is 0 Å². The van der Waals surface area contributed by atoms with Gasteiger partial charge in [0.2, 0.25) is 0 Å². The number of rotatable bonds is 2. The lowest BCUT2D eigenvalue weighted by Gasteiger charge is -2.01. The van der Waals surface area contributed by atoms with E-state index in [-0.39, 0.29) is 0 Å². The van der Waals surface area contributed by atoms with E-state index < -0.39 is 0 Å². The van der Waals surface area contributed by atoms with Gasteiger partial charge in [-0.3, -0.25) is 0 Å². The second-order valence-electron chi connectivity index (χ2n) is 3.55. The second kappa shape index (κ2) is 3.35. The average molecular weight is 189 g/mol. The van der Waals surface area contributed by atoms with Crippen LogP contribution in [-0.2, 0) is 13.5 Å². The predicted octanol–water partition coefficient (Wildman–Crippen LogP) is 1.26. The highest BCUT2D eigenvalue weighted by molar-refractivity contribution is 5.84. The number of nitrogen functional groups attached to an aromatic ring is 1. The van der Waals surface area contributed by atoms with E-state index in [0.717, 1.165) is 12.1 Å². The van der Waals surface area contributed by atoms with E-state index in [0.29, 0.717) is 6.54 Å². The Morgan fingerprint density at radius 3 is 2.79 bits per heavy atom. The maximum atomic E-state index is 5.72. The zero-order valence-electron chi connectivity index (χ0n) is 8.33. The van der Waals surface area contributed by atoms with Crippen molar-refractivity contribution in [2.24, 2.45) is 12.8 Å². The first-order chi connectivity index (χ1) is 6.72. The molecule has 0 fully saturated rings. The van der Waals surface area contributed by atoms with Crippen LogP contribution in [0.4, 0.5) is 5.69 Å². The Labute approximate surface area is 83.3 Å². The fraction of sp³-hybridized carbons (Fsp3) is 0.273. The van der Waals surface area contributed by atoms with E-state index in [1.165, 1.54) is 16.6 Å². The fourth-order valence-corrected chi connectivity index (χ4v) is 1.81. The third kappa shape index (κ3) is 1.36. The molecule has 2 aromatic rings. The Morgan fingerprint density at radius 1 is 1.29 bits per heavy atom. The summed E-state index contributed by atoms with van der Waals surface area (Å²) in [6.07, 6.45) is 0.908. The van der Waals surface area contributed by atoms with Crippen molar-refractivity contribution in [3.05, 3.63) is 30.0 Å². The number of nitrogens with two attached hydrogens (primary N) is 2. The molecule has 0 unspecified atom stereocenters. The topological polar surface area (TPSA) is 57.0 Å². The highest BCUT2D eigenvalue weighted by atomic mass is 14.9. The third-order valence-electron chi connectivity index (χ3n) is 2.57. The Morgan fingerprint density at radius 2 is 2.07 bits per heavy atom. The van der Waals surface area contributed by atoms with Crippen LogP contribution in [0.5, 0.6) is 0 Å². The normalized spacial score (nSPS) is 11.0. The molecule has 0 bridgehead atoms. The van der Waals surface area contributed by atoms with Crippen molar-refractivity contribution < 1.29 is 0 Å². The van der Waals surface area contributed by atoms with E-state index >= 15 is 0 Å². The van der Waals surface area contributed by atoms with Gasteiger partial charge in [-0.25, -0.2) is 0 Å². The SMILES string of the molecule is Cn1c(CCN)cc2cc(N)ccc21. The van der Waals surface area contributed by atoms with Gasteiger partial charge in [-0.15, -0.1) is 0 Å². The molecule has 1 aromatic heterocycles. The lowest BCUT2D eigenvalue weighted by atomic mass is 10.2. The number of aromatic nitrogens is 1. The maximum absolute atomic E-state index is 5.72. The van der Waals surface area contributed by atoms with Crippen molar-refractivity contribution in [3.63, 3.8) is 0 Å². The largest absolute Gasteiger partial charge is 0.399 e. The van der Waals surface area contributed by atoms with E-state index in [1.54, 1.807) is 0 Å². The molecule has 1 aromatic carbocycles. The zero-order chi connectivity index (χ0) is 10.1. The molecular formula is C11H15N3. The number of fused-ring (bicyclic) bond motifs is 1. The van der Waals surface area contributed by atoms with Crippen LogP contribution in [0.15, 0.2) is 24.3 Å². The molecule has 0 spiro atoms. The van der Waals surface area contributed by atoms with Gasteiger partial charge in [-0.05, 0) is 37.2 Å². The van der Waals surface area contributed by atoms with Crippen molar-refractivity contribution in [1.82, 2.24) is 4.57 Å². The van der Waals surface area contributed by atoms with Crippen LogP contribution in [-0.4, -0.2) is 11.1 Å². The first kappa shape index (κ1) is 9.09.